The normalized spacial score (nSPS) is 11.0. The number of rotatable bonds is 8. The first-order valence-corrected chi connectivity index (χ1v) is 5.29. The van der Waals surface area contributed by atoms with Gasteiger partial charge in [-0.05, 0) is 25.7 Å². The van der Waals surface area contributed by atoms with E-state index in [0.29, 0.717) is 6.42 Å². The highest BCUT2D eigenvalue weighted by Gasteiger charge is 1.96. The summed E-state index contributed by atoms with van der Waals surface area (Å²) in [6, 6.07) is 0. The van der Waals surface area contributed by atoms with Crippen LogP contribution in [0.2, 0.25) is 0 Å². The Bertz CT molecular complexity index is 227. The van der Waals surface area contributed by atoms with Crippen LogP contribution in [0.25, 0.3) is 0 Å². The molecule has 0 aliphatic rings. The van der Waals surface area contributed by atoms with Crippen LogP contribution in [-0.4, -0.2) is 13.1 Å². The molecule has 0 saturated carbocycles. The number of carbonyl (C=O) groups excluding carboxylic acids is 1. The molecule has 0 unspecified atom stereocenters. The Morgan fingerprint density at radius 2 is 1.87 bits per heavy atom. The van der Waals surface area contributed by atoms with Crippen LogP contribution in [0.1, 0.15) is 32.1 Å². The standard InChI is InChI=1S/C13H20O2/c1-3-4-5-6-7-8-9-10-11-12-13(14)15-2/h3,5-6,8-9H,1,4,7,10-12H2,2H3/b6-5-,9-8-. The lowest BCUT2D eigenvalue weighted by Gasteiger charge is -1.95. The van der Waals surface area contributed by atoms with E-state index < -0.39 is 0 Å². The maximum Gasteiger partial charge on any atom is 0.305 e. The van der Waals surface area contributed by atoms with Crippen LogP contribution in [0.5, 0.6) is 0 Å². The van der Waals surface area contributed by atoms with Crippen LogP contribution in [0.4, 0.5) is 0 Å². The predicted octanol–water partition coefficient (Wildman–Crippen LogP) is 3.41. The number of methoxy groups -OCH3 is 1. The summed E-state index contributed by atoms with van der Waals surface area (Å²) >= 11 is 0. The smallest absolute Gasteiger partial charge is 0.305 e. The molecule has 2 nitrogen and oxygen atoms in total. The van der Waals surface area contributed by atoms with Crippen LogP contribution in [-0.2, 0) is 9.53 Å². The van der Waals surface area contributed by atoms with Crippen LogP contribution < -0.4 is 0 Å². The number of allylic oxidation sites excluding steroid dienone is 5. The molecule has 0 rings (SSSR count). The largest absolute Gasteiger partial charge is 0.469 e. The number of esters is 1. The zero-order valence-electron chi connectivity index (χ0n) is 9.45. The molecule has 0 spiro atoms. The van der Waals surface area contributed by atoms with E-state index in [1.807, 2.05) is 6.08 Å². The molecular formula is C13H20O2. The minimum atomic E-state index is -0.130. The third kappa shape index (κ3) is 10.6. The lowest BCUT2D eigenvalue weighted by atomic mass is 10.2. The minimum Gasteiger partial charge on any atom is -0.469 e. The van der Waals surface area contributed by atoms with E-state index >= 15 is 0 Å². The van der Waals surface area contributed by atoms with Gasteiger partial charge in [0.25, 0.3) is 0 Å². The lowest BCUT2D eigenvalue weighted by molar-refractivity contribution is -0.140. The molecule has 0 aromatic rings. The Labute approximate surface area is 92.3 Å². The highest BCUT2D eigenvalue weighted by atomic mass is 16.5. The van der Waals surface area contributed by atoms with Gasteiger partial charge in [0.05, 0.1) is 7.11 Å². The second-order valence-electron chi connectivity index (χ2n) is 3.17. The van der Waals surface area contributed by atoms with Crippen molar-refractivity contribution < 1.29 is 9.53 Å². The molecule has 0 aliphatic carbocycles. The maximum atomic E-state index is 10.8. The average molecular weight is 208 g/mol. The van der Waals surface area contributed by atoms with E-state index in [1.165, 1.54) is 7.11 Å². The molecule has 0 saturated heterocycles. The van der Waals surface area contributed by atoms with E-state index in [1.54, 1.807) is 0 Å². The van der Waals surface area contributed by atoms with Crippen molar-refractivity contribution in [1.29, 1.82) is 0 Å². The Balaban J connectivity index is 3.31. The fraction of sp³-hybridized carbons (Fsp3) is 0.462. The summed E-state index contributed by atoms with van der Waals surface area (Å²) in [6.45, 7) is 3.63. The monoisotopic (exact) mass is 208 g/mol. The van der Waals surface area contributed by atoms with Gasteiger partial charge in [-0.2, -0.15) is 0 Å². The molecule has 0 atom stereocenters. The van der Waals surface area contributed by atoms with Gasteiger partial charge in [-0.3, -0.25) is 4.79 Å². The molecule has 0 N–H and O–H groups in total. The van der Waals surface area contributed by atoms with Crippen molar-refractivity contribution in [2.24, 2.45) is 0 Å². The van der Waals surface area contributed by atoms with Crippen molar-refractivity contribution in [3.63, 3.8) is 0 Å². The molecule has 0 fully saturated rings. The number of unbranched alkanes of at least 4 members (excludes halogenated alkanes) is 1. The van der Waals surface area contributed by atoms with Crippen LogP contribution in [0.15, 0.2) is 37.0 Å². The summed E-state index contributed by atoms with van der Waals surface area (Å²) in [6.07, 6.45) is 14.5. The molecule has 2 heteroatoms. The highest BCUT2D eigenvalue weighted by Crippen LogP contribution is 1.99. The van der Waals surface area contributed by atoms with Crippen LogP contribution >= 0.6 is 0 Å². The van der Waals surface area contributed by atoms with Gasteiger partial charge in [0, 0.05) is 6.42 Å². The SMILES string of the molecule is C=CC/C=C\C/C=C\CCCC(=O)OC. The molecular weight excluding hydrogens is 188 g/mol. The van der Waals surface area contributed by atoms with E-state index in [0.717, 1.165) is 25.7 Å². The molecule has 15 heavy (non-hydrogen) atoms. The third-order valence-electron chi connectivity index (χ3n) is 1.89. The van der Waals surface area contributed by atoms with Gasteiger partial charge in [0.1, 0.15) is 0 Å². The summed E-state index contributed by atoms with van der Waals surface area (Å²) in [5, 5.41) is 0. The Kier molecular flexibility index (Phi) is 9.83. The molecule has 84 valence electrons. The molecule has 0 bridgehead atoms. The van der Waals surface area contributed by atoms with E-state index in [9.17, 15) is 4.79 Å². The zero-order valence-corrected chi connectivity index (χ0v) is 9.45. The molecule has 0 aromatic heterocycles. The summed E-state index contributed by atoms with van der Waals surface area (Å²) < 4.78 is 4.54. The van der Waals surface area contributed by atoms with Gasteiger partial charge in [0.2, 0.25) is 0 Å². The van der Waals surface area contributed by atoms with Crippen molar-refractivity contribution in [2.75, 3.05) is 7.11 Å². The summed E-state index contributed by atoms with van der Waals surface area (Å²) in [5.74, 6) is -0.130. The number of ether oxygens (including phenoxy) is 1. The van der Waals surface area contributed by atoms with E-state index in [4.69, 9.17) is 0 Å². The average Bonchev–Trinajstić information content (AvgIpc) is 2.26. The predicted molar refractivity (Wildman–Crippen MR) is 63.6 cm³/mol. The van der Waals surface area contributed by atoms with Gasteiger partial charge in [0.15, 0.2) is 0 Å². The molecule has 0 heterocycles. The lowest BCUT2D eigenvalue weighted by Crippen LogP contribution is -1.98. The fourth-order valence-electron chi connectivity index (χ4n) is 1.05. The molecule has 0 radical (unpaired) electrons. The van der Waals surface area contributed by atoms with Crippen LogP contribution in [0.3, 0.4) is 0 Å². The van der Waals surface area contributed by atoms with Gasteiger partial charge in [-0.15, -0.1) is 6.58 Å². The first kappa shape index (κ1) is 13.7. The van der Waals surface area contributed by atoms with Gasteiger partial charge >= 0.3 is 5.97 Å². The second-order valence-corrected chi connectivity index (χ2v) is 3.17. The summed E-state index contributed by atoms with van der Waals surface area (Å²) in [4.78, 5) is 10.8. The van der Waals surface area contributed by atoms with Gasteiger partial charge in [-0.25, -0.2) is 0 Å². The number of hydrogen-bond acceptors (Lipinski definition) is 2. The molecule has 0 amide bonds. The van der Waals surface area contributed by atoms with E-state index in [-0.39, 0.29) is 5.97 Å². The van der Waals surface area contributed by atoms with Crippen molar-refractivity contribution in [2.45, 2.75) is 32.1 Å². The fourth-order valence-corrected chi connectivity index (χ4v) is 1.05. The zero-order chi connectivity index (χ0) is 11.4. The maximum absolute atomic E-state index is 10.8. The van der Waals surface area contributed by atoms with Crippen molar-refractivity contribution in [3.8, 4) is 0 Å². The van der Waals surface area contributed by atoms with Crippen molar-refractivity contribution in [1.82, 2.24) is 0 Å². The quantitative estimate of drug-likeness (QED) is 0.347. The minimum absolute atomic E-state index is 0.130. The number of hydrogen-bond donors (Lipinski definition) is 0. The summed E-state index contributed by atoms with van der Waals surface area (Å²) in [7, 11) is 1.42. The topological polar surface area (TPSA) is 26.3 Å². The first-order valence-electron chi connectivity index (χ1n) is 5.29. The molecule has 0 aliphatic heterocycles. The highest BCUT2D eigenvalue weighted by molar-refractivity contribution is 5.68. The van der Waals surface area contributed by atoms with Crippen molar-refractivity contribution in [3.05, 3.63) is 37.0 Å². The summed E-state index contributed by atoms with van der Waals surface area (Å²) in [5.41, 5.74) is 0. The Hall–Kier alpha value is -1.31. The first-order chi connectivity index (χ1) is 7.31. The van der Waals surface area contributed by atoms with Crippen LogP contribution in [0, 0.1) is 0 Å². The Morgan fingerprint density at radius 1 is 1.20 bits per heavy atom. The van der Waals surface area contributed by atoms with E-state index in [2.05, 4.69) is 35.6 Å². The Morgan fingerprint density at radius 3 is 2.53 bits per heavy atom. The molecule has 0 aromatic carbocycles. The third-order valence-corrected chi connectivity index (χ3v) is 1.89. The van der Waals surface area contributed by atoms with Gasteiger partial charge in [-0.1, -0.05) is 30.4 Å². The number of carbonyl (C=O) groups is 1. The second kappa shape index (κ2) is 10.8. The van der Waals surface area contributed by atoms with Crippen molar-refractivity contribution >= 4 is 5.97 Å². The van der Waals surface area contributed by atoms with Gasteiger partial charge < -0.3 is 4.74 Å².